The summed E-state index contributed by atoms with van der Waals surface area (Å²) in [6.07, 6.45) is 5.08. The fourth-order valence-electron chi connectivity index (χ4n) is 3.84. The van der Waals surface area contributed by atoms with Crippen molar-refractivity contribution in [3.8, 4) is 5.75 Å². The maximum absolute atomic E-state index is 12.6. The Morgan fingerprint density at radius 2 is 2.00 bits per heavy atom. The highest BCUT2D eigenvalue weighted by molar-refractivity contribution is 5.69. The molecule has 1 aliphatic rings. The second kappa shape index (κ2) is 7.87. The number of aryl methyl sites for hydroxylation is 2. The summed E-state index contributed by atoms with van der Waals surface area (Å²) in [5, 5.41) is 9.73. The van der Waals surface area contributed by atoms with Gasteiger partial charge >= 0.3 is 5.69 Å². The Labute approximate surface area is 168 Å². The molecule has 8 nitrogen and oxygen atoms in total. The average molecular weight is 397 g/mol. The number of phenolic OH excluding ortho intramolecular Hbond substituents is 1. The van der Waals surface area contributed by atoms with E-state index in [9.17, 15) is 14.7 Å². The van der Waals surface area contributed by atoms with Crippen LogP contribution in [0.2, 0.25) is 0 Å². The standard InChI is InChI=1S/C21H27N5O3/c1-23-19-18(20(28)24(2)21(23)29)26(14-22-19)10-4-9-25(12-15-7-8-15)13-16-5-3-6-17(27)11-16/h3,5-6,11,14-15,27H,4,7-10,12-13H2,1-2H3. The molecule has 0 bridgehead atoms. The Bertz CT molecular complexity index is 1140. The second-order valence-electron chi connectivity index (χ2n) is 8.02. The maximum Gasteiger partial charge on any atom is 0.332 e. The van der Waals surface area contributed by atoms with Crippen molar-refractivity contribution in [2.24, 2.45) is 20.0 Å². The highest BCUT2D eigenvalue weighted by atomic mass is 16.3. The van der Waals surface area contributed by atoms with Gasteiger partial charge in [-0.3, -0.25) is 18.8 Å². The number of imidazole rings is 1. The SMILES string of the molecule is Cn1c(=O)c2c(ncn2CCCN(Cc2cccc(O)c2)CC2CC2)n(C)c1=O. The van der Waals surface area contributed by atoms with Crippen molar-refractivity contribution in [2.75, 3.05) is 13.1 Å². The molecule has 0 unspecified atom stereocenters. The Balaban J connectivity index is 1.47. The number of rotatable bonds is 8. The van der Waals surface area contributed by atoms with Gasteiger partial charge in [-0.15, -0.1) is 0 Å². The Morgan fingerprint density at radius 3 is 2.72 bits per heavy atom. The molecule has 4 rings (SSSR count). The summed E-state index contributed by atoms with van der Waals surface area (Å²) < 4.78 is 4.39. The summed E-state index contributed by atoms with van der Waals surface area (Å²) in [6.45, 7) is 3.39. The van der Waals surface area contributed by atoms with Gasteiger partial charge in [0, 0.05) is 40.3 Å². The molecule has 0 atom stereocenters. The zero-order valence-electron chi connectivity index (χ0n) is 16.9. The van der Waals surface area contributed by atoms with E-state index in [1.807, 2.05) is 22.8 Å². The number of phenols is 1. The van der Waals surface area contributed by atoms with E-state index < -0.39 is 0 Å². The second-order valence-corrected chi connectivity index (χ2v) is 8.02. The van der Waals surface area contributed by atoms with Gasteiger partial charge in [0.2, 0.25) is 0 Å². The van der Waals surface area contributed by atoms with Gasteiger partial charge in [0.25, 0.3) is 5.56 Å². The van der Waals surface area contributed by atoms with Crippen LogP contribution in [0.15, 0.2) is 40.2 Å². The summed E-state index contributed by atoms with van der Waals surface area (Å²) >= 11 is 0. The number of nitrogens with zero attached hydrogens (tertiary/aromatic N) is 5. The Morgan fingerprint density at radius 1 is 1.21 bits per heavy atom. The van der Waals surface area contributed by atoms with Crippen LogP contribution in [0.25, 0.3) is 11.2 Å². The minimum absolute atomic E-state index is 0.292. The first-order valence-corrected chi connectivity index (χ1v) is 10.0. The van der Waals surface area contributed by atoms with Crippen molar-refractivity contribution in [1.29, 1.82) is 0 Å². The largest absolute Gasteiger partial charge is 0.508 e. The molecule has 1 aromatic carbocycles. The lowest BCUT2D eigenvalue weighted by molar-refractivity contribution is 0.247. The van der Waals surface area contributed by atoms with E-state index in [1.165, 1.54) is 24.5 Å². The highest BCUT2D eigenvalue weighted by Crippen LogP contribution is 2.30. The smallest absolute Gasteiger partial charge is 0.332 e. The van der Waals surface area contributed by atoms with E-state index in [4.69, 9.17) is 0 Å². The predicted octanol–water partition coefficient (Wildman–Crippen LogP) is 1.44. The van der Waals surface area contributed by atoms with E-state index in [-0.39, 0.29) is 11.2 Å². The highest BCUT2D eigenvalue weighted by Gasteiger charge is 2.24. The molecule has 0 saturated heterocycles. The molecule has 8 heteroatoms. The van der Waals surface area contributed by atoms with Gasteiger partial charge < -0.3 is 9.67 Å². The van der Waals surface area contributed by atoms with Gasteiger partial charge in [-0.2, -0.15) is 0 Å². The topological polar surface area (TPSA) is 85.3 Å². The number of hydrogen-bond donors (Lipinski definition) is 1. The minimum Gasteiger partial charge on any atom is -0.508 e. The van der Waals surface area contributed by atoms with Crippen LogP contribution in [-0.4, -0.2) is 41.8 Å². The molecule has 29 heavy (non-hydrogen) atoms. The monoisotopic (exact) mass is 397 g/mol. The van der Waals surface area contributed by atoms with Crippen LogP contribution >= 0.6 is 0 Å². The Hall–Kier alpha value is -2.87. The summed E-state index contributed by atoms with van der Waals surface area (Å²) in [5.41, 5.74) is 1.32. The molecule has 0 spiro atoms. The van der Waals surface area contributed by atoms with Gasteiger partial charge in [-0.25, -0.2) is 9.78 Å². The van der Waals surface area contributed by atoms with Crippen LogP contribution in [-0.2, 0) is 27.2 Å². The van der Waals surface area contributed by atoms with Crippen molar-refractivity contribution in [2.45, 2.75) is 32.4 Å². The zero-order chi connectivity index (χ0) is 20.5. The van der Waals surface area contributed by atoms with Crippen molar-refractivity contribution in [1.82, 2.24) is 23.6 Å². The lowest BCUT2D eigenvalue weighted by atomic mass is 10.2. The van der Waals surface area contributed by atoms with Crippen molar-refractivity contribution in [3.63, 3.8) is 0 Å². The van der Waals surface area contributed by atoms with Gasteiger partial charge in [0.15, 0.2) is 11.2 Å². The molecule has 1 fully saturated rings. The quantitative estimate of drug-likeness (QED) is 0.622. The number of benzene rings is 1. The van der Waals surface area contributed by atoms with E-state index >= 15 is 0 Å². The first-order valence-electron chi connectivity index (χ1n) is 10.0. The predicted molar refractivity (Wildman–Crippen MR) is 111 cm³/mol. The normalized spacial score (nSPS) is 14.2. The third-order valence-corrected chi connectivity index (χ3v) is 5.62. The van der Waals surface area contributed by atoms with Gasteiger partial charge in [0.05, 0.1) is 6.33 Å². The molecule has 1 aliphatic carbocycles. The number of aromatic nitrogens is 4. The summed E-state index contributed by atoms with van der Waals surface area (Å²) in [7, 11) is 3.13. The molecule has 1 N–H and O–H groups in total. The van der Waals surface area contributed by atoms with Crippen molar-refractivity contribution in [3.05, 3.63) is 57.0 Å². The lowest BCUT2D eigenvalue weighted by Crippen LogP contribution is -2.37. The summed E-state index contributed by atoms with van der Waals surface area (Å²) in [6, 6.07) is 7.41. The first-order chi connectivity index (χ1) is 13.9. The lowest BCUT2D eigenvalue weighted by Gasteiger charge is -2.22. The summed E-state index contributed by atoms with van der Waals surface area (Å²) in [5.74, 6) is 1.06. The zero-order valence-corrected chi connectivity index (χ0v) is 16.9. The molecular formula is C21H27N5O3. The summed E-state index contributed by atoms with van der Waals surface area (Å²) in [4.78, 5) is 31.3. The third-order valence-electron chi connectivity index (χ3n) is 5.62. The van der Waals surface area contributed by atoms with Crippen LogP contribution in [0.4, 0.5) is 0 Å². The van der Waals surface area contributed by atoms with Crippen LogP contribution in [0.1, 0.15) is 24.8 Å². The van der Waals surface area contributed by atoms with Gasteiger partial charge in [-0.1, -0.05) is 12.1 Å². The Kier molecular flexibility index (Phi) is 5.27. The maximum atomic E-state index is 12.6. The molecule has 0 radical (unpaired) electrons. The van der Waals surface area contributed by atoms with Crippen LogP contribution in [0, 0.1) is 5.92 Å². The molecule has 0 aliphatic heterocycles. The number of aromatic hydroxyl groups is 1. The minimum atomic E-state index is -0.366. The van der Waals surface area contributed by atoms with Crippen molar-refractivity contribution >= 4 is 11.2 Å². The molecule has 154 valence electrons. The van der Waals surface area contributed by atoms with Gasteiger partial charge in [0.1, 0.15) is 5.75 Å². The molecule has 1 saturated carbocycles. The molecule has 2 heterocycles. The molecular weight excluding hydrogens is 370 g/mol. The fraction of sp³-hybridized carbons (Fsp3) is 0.476. The van der Waals surface area contributed by atoms with Crippen LogP contribution in [0.3, 0.4) is 0 Å². The number of hydrogen-bond acceptors (Lipinski definition) is 5. The number of fused-ring (bicyclic) bond motifs is 1. The molecule has 2 aromatic heterocycles. The van der Waals surface area contributed by atoms with E-state index in [0.29, 0.717) is 23.5 Å². The van der Waals surface area contributed by atoms with Crippen LogP contribution < -0.4 is 11.2 Å². The van der Waals surface area contributed by atoms with Crippen molar-refractivity contribution < 1.29 is 5.11 Å². The average Bonchev–Trinajstić information content (AvgIpc) is 3.41. The first kappa shape index (κ1) is 19.4. The third kappa shape index (κ3) is 4.12. The molecule has 0 amide bonds. The van der Waals surface area contributed by atoms with Gasteiger partial charge in [-0.05, 0) is 42.9 Å². The molecule has 3 aromatic rings. The van der Waals surface area contributed by atoms with E-state index in [1.54, 1.807) is 19.4 Å². The fourth-order valence-corrected chi connectivity index (χ4v) is 3.84. The van der Waals surface area contributed by atoms with E-state index in [2.05, 4.69) is 9.88 Å². The van der Waals surface area contributed by atoms with Crippen LogP contribution in [0.5, 0.6) is 5.75 Å². The van der Waals surface area contributed by atoms with E-state index in [0.717, 1.165) is 42.1 Å².